The molecule has 0 bridgehead atoms. The van der Waals surface area contributed by atoms with Crippen molar-refractivity contribution in [1.82, 2.24) is 10.2 Å². The molecule has 1 aliphatic rings. The summed E-state index contributed by atoms with van der Waals surface area (Å²) in [5, 5.41) is 2.93. The summed E-state index contributed by atoms with van der Waals surface area (Å²) in [5.74, 6) is 1.00. The number of hydrogen-bond donors (Lipinski definition) is 1. The number of rotatable bonds is 8. The minimum Gasteiger partial charge on any atom is -0.493 e. The molecule has 0 aromatic heterocycles. The first-order valence-corrected chi connectivity index (χ1v) is 9.61. The molecule has 2 aromatic carbocycles. The van der Waals surface area contributed by atoms with Crippen molar-refractivity contribution in [2.45, 2.75) is 26.1 Å². The second-order valence-corrected chi connectivity index (χ2v) is 6.83. The summed E-state index contributed by atoms with van der Waals surface area (Å²) < 4.78 is 16.4. The number of morpholine rings is 1. The van der Waals surface area contributed by atoms with E-state index in [-0.39, 0.29) is 5.91 Å². The summed E-state index contributed by atoms with van der Waals surface area (Å²) in [6.45, 7) is 6.69. The van der Waals surface area contributed by atoms with Gasteiger partial charge in [-0.1, -0.05) is 36.4 Å². The van der Waals surface area contributed by atoms with Crippen molar-refractivity contribution in [1.29, 1.82) is 0 Å². The molecule has 2 aromatic rings. The molecule has 28 heavy (non-hydrogen) atoms. The normalized spacial score (nSPS) is 15.6. The van der Waals surface area contributed by atoms with Gasteiger partial charge in [0.15, 0.2) is 17.6 Å². The van der Waals surface area contributed by atoms with E-state index in [1.807, 2.05) is 12.1 Å². The average Bonchev–Trinajstić information content (AvgIpc) is 2.74. The van der Waals surface area contributed by atoms with E-state index in [1.54, 1.807) is 26.2 Å². The zero-order valence-electron chi connectivity index (χ0n) is 16.5. The Morgan fingerprint density at radius 1 is 1.07 bits per heavy atom. The van der Waals surface area contributed by atoms with Crippen molar-refractivity contribution in [3.63, 3.8) is 0 Å². The number of nitrogens with zero attached hydrogens (tertiary/aromatic N) is 1. The van der Waals surface area contributed by atoms with Gasteiger partial charge in [-0.25, -0.2) is 0 Å². The second kappa shape index (κ2) is 10.1. The lowest BCUT2D eigenvalue weighted by atomic mass is 10.1. The van der Waals surface area contributed by atoms with Crippen molar-refractivity contribution < 1.29 is 19.0 Å². The van der Waals surface area contributed by atoms with E-state index in [4.69, 9.17) is 14.2 Å². The van der Waals surface area contributed by atoms with Crippen LogP contribution in [0.15, 0.2) is 48.5 Å². The Bertz CT molecular complexity index is 757. The predicted octanol–water partition coefficient (Wildman–Crippen LogP) is 2.61. The Labute approximate surface area is 166 Å². The highest BCUT2D eigenvalue weighted by atomic mass is 16.5. The van der Waals surface area contributed by atoms with E-state index in [0.717, 1.165) is 38.4 Å². The van der Waals surface area contributed by atoms with Gasteiger partial charge in [0.2, 0.25) is 0 Å². The fourth-order valence-electron chi connectivity index (χ4n) is 3.07. The van der Waals surface area contributed by atoms with Crippen LogP contribution in [-0.2, 0) is 22.6 Å². The number of benzene rings is 2. The van der Waals surface area contributed by atoms with Crippen LogP contribution in [0.1, 0.15) is 18.1 Å². The van der Waals surface area contributed by atoms with Crippen LogP contribution in [0.2, 0.25) is 0 Å². The highest BCUT2D eigenvalue weighted by Gasteiger charge is 2.16. The molecule has 0 saturated carbocycles. The summed E-state index contributed by atoms with van der Waals surface area (Å²) in [6, 6.07) is 15.6. The standard InChI is InChI=1S/C22H28N2O4/c1-17(28-21-6-4-3-5-20(21)26-2)22(25)23-15-18-7-9-19(10-8-18)16-24-11-13-27-14-12-24/h3-10,17H,11-16H2,1-2H3,(H,23,25)/t17-/m0/s1. The fraction of sp³-hybridized carbons (Fsp3) is 0.409. The van der Waals surface area contributed by atoms with Gasteiger partial charge in [0.1, 0.15) is 0 Å². The zero-order valence-corrected chi connectivity index (χ0v) is 16.5. The van der Waals surface area contributed by atoms with E-state index in [1.165, 1.54) is 5.56 Å². The third kappa shape index (κ3) is 5.71. The Kier molecular flexibility index (Phi) is 7.28. The molecule has 0 aliphatic carbocycles. The van der Waals surface area contributed by atoms with Crippen LogP contribution in [0.5, 0.6) is 11.5 Å². The molecular weight excluding hydrogens is 356 g/mol. The molecule has 0 spiro atoms. The molecule has 6 nitrogen and oxygen atoms in total. The smallest absolute Gasteiger partial charge is 0.261 e. The van der Waals surface area contributed by atoms with Gasteiger partial charge in [0, 0.05) is 26.2 Å². The minimum atomic E-state index is -0.614. The van der Waals surface area contributed by atoms with Gasteiger partial charge in [-0.15, -0.1) is 0 Å². The number of hydrogen-bond acceptors (Lipinski definition) is 5. The second-order valence-electron chi connectivity index (χ2n) is 6.83. The SMILES string of the molecule is COc1ccccc1O[C@@H](C)C(=O)NCc1ccc(CN2CCOCC2)cc1. The lowest BCUT2D eigenvalue weighted by Crippen LogP contribution is -2.36. The summed E-state index contributed by atoms with van der Waals surface area (Å²) in [7, 11) is 1.58. The number of para-hydroxylation sites is 2. The molecule has 6 heteroatoms. The average molecular weight is 384 g/mol. The van der Waals surface area contributed by atoms with Crippen molar-refractivity contribution in [2.75, 3.05) is 33.4 Å². The molecule has 3 rings (SSSR count). The molecular formula is C22H28N2O4. The molecule has 1 saturated heterocycles. The van der Waals surface area contributed by atoms with Crippen LogP contribution in [0.4, 0.5) is 0 Å². The van der Waals surface area contributed by atoms with Gasteiger partial charge in [0.05, 0.1) is 20.3 Å². The molecule has 150 valence electrons. The van der Waals surface area contributed by atoms with E-state index in [9.17, 15) is 4.79 Å². The summed E-state index contributed by atoms with van der Waals surface area (Å²) >= 11 is 0. The van der Waals surface area contributed by atoms with Crippen LogP contribution in [0.3, 0.4) is 0 Å². The highest BCUT2D eigenvalue weighted by molar-refractivity contribution is 5.80. The van der Waals surface area contributed by atoms with Gasteiger partial charge in [-0.3, -0.25) is 9.69 Å². The van der Waals surface area contributed by atoms with E-state index in [2.05, 4.69) is 34.5 Å². The fourth-order valence-corrected chi connectivity index (χ4v) is 3.07. The Hall–Kier alpha value is -2.57. The summed E-state index contributed by atoms with van der Waals surface area (Å²) in [6.07, 6.45) is -0.614. The van der Waals surface area contributed by atoms with Crippen molar-refractivity contribution in [3.8, 4) is 11.5 Å². The maximum atomic E-state index is 12.4. The number of nitrogens with one attached hydrogen (secondary N) is 1. The molecule has 1 atom stereocenters. The molecule has 1 heterocycles. The van der Waals surface area contributed by atoms with Crippen LogP contribution in [0.25, 0.3) is 0 Å². The largest absolute Gasteiger partial charge is 0.493 e. The number of carbonyl (C=O) groups excluding carboxylic acids is 1. The van der Waals surface area contributed by atoms with Gasteiger partial charge in [-0.2, -0.15) is 0 Å². The van der Waals surface area contributed by atoms with Crippen LogP contribution >= 0.6 is 0 Å². The zero-order chi connectivity index (χ0) is 19.8. The van der Waals surface area contributed by atoms with E-state index < -0.39 is 6.10 Å². The predicted molar refractivity (Wildman–Crippen MR) is 107 cm³/mol. The van der Waals surface area contributed by atoms with Crippen molar-refractivity contribution in [2.24, 2.45) is 0 Å². The lowest BCUT2D eigenvalue weighted by molar-refractivity contribution is -0.127. The van der Waals surface area contributed by atoms with E-state index >= 15 is 0 Å². The maximum Gasteiger partial charge on any atom is 0.261 e. The van der Waals surface area contributed by atoms with Crippen LogP contribution < -0.4 is 14.8 Å². The first-order valence-electron chi connectivity index (χ1n) is 9.61. The third-order valence-electron chi connectivity index (χ3n) is 4.74. The third-order valence-corrected chi connectivity index (χ3v) is 4.74. The Morgan fingerprint density at radius 2 is 1.71 bits per heavy atom. The number of ether oxygens (including phenoxy) is 3. The van der Waals surface area contributed by atoms with Gasteiger partial charge in [0.25, 0.3) is 5.91 Å². The molecule has 0 radical (unpaired) electrons. The minimum absolute atomic E-state index is 0.164. The van der Waals surface area contributed by atoms with Crippen LogP contribution in [-0.4, -0.2) is 50.3 Å². The van der Waals surface area contributed by atoms with Gasteiger partial charge in [-0.05, 0) is 30.2 Å². The molecule has 0 unspecified atom stereocenters. The highest BCUT2D eigenvalue weighted by Crippen LogP contribution is 2.26. The molecule has 1 N–H and O–H groups in total. The van der Waals surface area contributed by atoms with Gasteiger partial charge >= 0.3 is 0 Å². The number of amides is 1. The lowest BCUT2D eigenvalue weighted by Gasteiger charge is -2.26. The number of methoxy groups -OCH3 is 1. The van der Waals surface area contributed by atoms with Crippen LogP contribution in [0, 0.1) is 0 Å². The Balaban J connectivity index is 1.47. The van der Waals surface area contributed by atoms with Gasteiger partial charge < -0.3 is 19.5 Å². The van der Waals surface area contributed by atoms with Crippen molar-refractivity contribution >= 4 is 5.91 Å². The monoisotopic (exact) mass is 384 g/mol. The Morgan fingerprint density at radius 3 is 2.39 bits per heavy atom. The summed E-state index contributed by atoms with van der Waals surface area (Å²) in [4.78, 5) is 14.7. The quantitative estimate of drug-likeness (QED) is 0.758. The van der Waals surface area contributed by atoms with Crippen molar-refractivity contribution in [3.05, 3.63) is 59.7 Å². The first kappa shape index (κ1) is 20.2. The molecule has 1 amide bonds. The van der Waals surface area contributed by atoms with E-state index in [0.29, 0.717) is 18.0 Å². The molecule has 1 aliphatic heterocycles. The topological polar surface area (TPSA) is 60.0 Å². The summed E-state index contributed by atoms with van der Waals surface area (Å²) in [5.41, 5.74) is 2.33. The first-order chi connectivity index (χ1) is 13.7. The number of carbonyl (C=O) groups is 1. The molecule has 1 fully saturated rings. The maximum absolute atomic E-state index is 12.4.